The number of benzene rings is 4. The van der Waals surface area contributed by atoms with Gasteiger partial charge in [-0.1, -0.05) is 111 Å². The van der Waals surface area contributed by atoms with Gasteiger partial charge in [0.15, 0.2) is 11.5 Å². The number of carbonyl (C=O) groups is 2. The van der Waals surface area contributed by atoms with Gasteiger partial charge >= 0.3 is 0 Å². The fraction of sp³-hybridized carbons (Fsp3) is 0.167. The van der Waals surface area contributed by atoms with Crippen LogP contribution in [0.25, 0.3) is 44.6 Å². The van der Waals surface area contributed by atoms with Crippen LogP contribution < -0.4 is 11.5 Å². The molecule has 246 valence electrons. The molecule has 0 aliphatic carbocycles. The molecular weight excluding hydrogens is 675 g/mol. The van der Waals surface area contributed by atoms with Gasteiger partial charge < -0.3 is 20.3 Å². The van der Waals surface area contributed by atoms with Crippen molar-refractivity contribution < 1.29 is 22.6 Å². The zero-order chi connectivity index (χ0) is 31.9. The van der Waals surface area contributed by atoms with Gasteiger partial charge in [-0.05, 0) is 35.4 Å². The SMILES string of the molecule is C.C.NC(=O)CS(=O)Cc1ccccc1-c1oc2ccccc2c1Cl.NC(=O)CSCc1ccccc1-c1oc2ccccc2c1Cl. The Kier molecular flexibility index (Phi) is 13.7. The Hall–Kier alpha value is -4.02. The van der Waals surface area contributed by atoms with Gasteiger partial charge in [-0.15, -0.1) is 11.8 Å². The van der Waals surface area contributed by atoms with Crippen LogP contribution in [0.5, 0.6) is 0 Å². The summed E-state index contributed by atoms with van der Waals surface area (Å²) < 4.78 is 23.8. The first kappa shape index (κ1) is 37.4. The molecule has 0 radical (unpaired) electrons. The molecule has 0 aliphatic rings. The van der Waals surface area contributed by atoms with Crippen LogP contribution in [-0.2, 0) is 31.9 Å². The highest BCUT2D eigenvalue weighted by Gasteiger charge is 2.19. The smallest absolute Gasteiger partial charge is 0.230 e. The molecule has 6 aromatic rings. The summed E-state index contributed by atoms with van der Waals surface area (Å²) in [7, 11) is -1.37. The minimum absolute atomic E-state index is 0. The number of amides is 2. The maximum Gasteiger partial charge on any atom is 0.230 e. The highest BCUT2D eigenvalue weighted by molar-refractivity contribution is 7.99. The van der Waals surface area contributed by atoms with E-state index in [9.17, 15) is 13.8 Å². The first-order valence-electron chi connectivity index (χ1n) is 13.7. The third-order valence-electron chi connectivity index (χ3n) is 6.72. The molecule has 0 spiro atoms. The van der Waals surface area contributed by atoms with Crippen molar-refractivity contribution in [2.75, 3.05) is 11.5 Å². The highest BCUT2D eigenvalue weighted by atomic mass is 35.5. The summed E-state index contributed by atoms with van der Waals surface area (Å²) in [5, 5.41) is 2.87. The van der Waals surface area contributed by atoms with E-state index in [2.05, 4.69) is 0 Å². The monoisotopic (exact) mass is 710 g/mol. The largest absolute Gasteiger partial charge is 0.454 e. The summed E-state index contributed by atoms with van der Waals surface area (Å²) in [6.45, 7) is 0. The number of furan rings is 2. The predicted octanol–water partition coefficient (Wildman–Crippen LogP) is 9.23. The van der Waals surface area contributed by atoms with Crippen molar-refractivity contribution in [2.45, 2.75) is 26.4 Å². The third-order valence-corrected chi connectivity index (χ3v) is 9.71. The number of halogens is 2. The number of fused-ring (bicyclic) bond motifs is 2. The van der Waals surface area contributed by atoms with Crippen molar-refractivity contribution in [3.05, 3.63) is 118 Å². The van der Waals surface area contributed by atoms with Gasteiger partial charge in [0.25, 0.3) is 0 Å². The Labute approximate surface area is 291 Å². The van der Waals surface area contributed by atoms with E-state index in [0.717, 1.165) is 38.6 Å². The lowest BCUT2D eigenvalue weighted by Crippen LogP contribution is -2.20. The van der Waals surface area contributed by atoms with E-state index in [-0.39, 0.29) is 32.3 Å². The average molecular weight is 712 g/mol. The molecule has 47 heavy (non-hydrogen) atoms. The molecule has 6 rings (SSSR count). The fourth-order valence-electron chi connectivity index (χ4n) is 4.75. The highest BCUT2D eigenvalue weighted by Crippen LogP contribution is 2.40. The Morgan fingerprint density at radius 2 is 1.11 bits per heavy atom. The molecule has 11 heteroatoms. The molecule has 7 nitrogen and oxygen atoms in total. The molecule has 0 bridgehead atoms. The van der Waals surface area contributed by atoms with E-state index in [0.29, 0.717) is 38.7 Å². The second-order valence-corrected chi connectivity index (χ2v) is 13.1. The quantitative estimate of drug-likeness (QED) is 0.146. The van der Waals surface area contributed by atoms with Gasteiger partial charge in [0.1, 0.15) is 16.9 Å². The lowest BCUT2D eigenvalue weighted by Gasteiger charge is -2.07. The number of rotatable bonds is 10. The van der Waals surface area contributed by atoms with E-state index in [4.69, 9.17) is 43.5 Å². The van der Waals surface area contributed by atoms with Crippen LogP contribution in [0.4, 0.5) is 0 Å². The number of hydrogen-bond donors (Lipinski definition) is 2. The maximum absolute atomic E-state index is 12.0. The zero-order valence-electron chi connectivity index (χ0n) is 23.8. The Morgan fingerprint density at radius 3 is 1.60 bits per heavy atom. The van der Waals surface area contributed by atoms with Crippen LogP contribution in [-0.4, -0.2) is 27.5 Å². The Morgan fingerprint density at radius 1 is 0.660 bits per heavy atom. The Bertz CT molecular complexity index is 2020. The first-order chi connectivity index (χ1) is 21.7. The van der Waals surface area contributed by atoms with Gasteiger partial charge in [0.05, 0.1) is 15.8 Å². The second-order valence-electron chi connectivity index (χ2n) is 9.95. The van der Waals surface area contributed by atoms with Gasteiger partial charge in [-0.2, -0.15) is 0 Å². The van der Waals surface area contributed by atoms with Crippen molar-refractivity contribution in [3.63, 3.8) is 0 Å². The van der Waals surface area contributed by atoms with E-state index in [1.807, 2.05) is 97.1 Å². The number of carbonyl (C=O) groups excluding carboxylic acids is 2. The summed E-state index contributed by atoms with van der Waals surface area (Å²) in [5.41, 5.74) is 15.3. The number of thioether (sulfide) groups is 1. The molecule has 0 saturated carbocycles. The van der Waals surface area contributed by atoms with Crippen LogP contribution in [0.2, 0.25) is 10.0 Å². The summed E-state index contributed by atoms with van der Waals surface area (Å²) in [6.07, 6.45) is 0. The molecule has 1 unspecified atom stereocenters. The normalized spacial score (nSPS) is 11.2. The van der Waals surface area contributed by atoms with Gasteiger partial charge in [-0.25, -0.2) is 0 Å². The molecule has 2 amide bonds. The average Bonchev–Trinajstić information content (AvgIpc) is 3.54. The van der Waals surface area contributed by atoms with Gasteiger partial charge in [0.2, 0.25) is 11.8 Å². The topological polar surface area (TPSA) is 130 Å². The molecule has 1 atom stereocenters. The first-order valence-corrected chi connectivity index (χ1v) is 17.1. The summed E-state index contributed by atoms with van der Waals surface area (Å²) in [4.78, 5) is 21.8. The van der Waals surface area contributed by atoms with Crippen LogP contribution in [0.1, 0.15) is 26.0 Å². The molecule has 2 aromatic heterocycles. The maximum atomic E-state index is 12.0. The molecule has 4 aromatic carbocycles. The lowest BCUT2D eigenvalue weighted by atomic mass is 10.1. The van der Waals surface area contributed by atoms with Crippen molar-refractivity contribution in [1.29, 1.82) is 0 Å². The van der Waals surface area contributed by atoms with Gasteiger partial charge in [-0.3, -0.25) is 13.8 Å². The van der Waals surface area contributed by atoms with Crippen LogP contribution in [0.15, 0.2) is 106 Å². The standard InChI is InChI=1S/C17H14ClNO3S.C17H14ClNO2S.2CH4/c18-16-13-7-3-4-8-14(13)22-17(16)12-6-2-1-5-11(12)9-23(21)10-15(19)20;18-16-13-7-3-4-8-14(13)21-17(16)12-6-2-1-5-11(12)9-22-10-15(19)20;;/h1-8H,9-10H2,(H2,19,20);1-8H,9-10H2,(H2,19,20);2*1H4. The zero-order valence-corrected chi connectivity index (χ0v) is 27.0. The molecule has 0 fully saturated rings. The van der Waals surface area contributed by atoms with E-state index < -0.39 is 16.7 Å². The summed E-state index contributed by atoms with van der Waals surface area (Å²) in [5.74, 6) is 1.33. The van der Waals surface area contributed by atoms with E-state index >= 15 is 0 Å². The molecule has 0 aliphatic heterocycles. The van der Waals surface area contributed by atoms with Crippen molar-refractivity contribution in [2.24, 2.45) is 11.5 Å². The van der Waals surface area contributed by atoms with Crippen LogP contribution in [0.3, 0.4) is 0 Å². The third kappa shape index (κ3) is 9.08. The van der Waals surface area contributed by atoms with Crippen LogP contribution >= 0.6 is 35.0 Å². The molecule has 2 heterocycles. The molecule has 0 saturated heterocycles. The van der Waals surface area contributed by atoms with Gasteiger partial charge in [0, 0.05) is 44.2 Å². The number of primary amides is 2. The van der Waals surface area contributed by atoms with E-state index in [1.54, 1.807) is 0 Å². The Balaban J connectivity index is 0.000000245. The van der Waals surface area contributed by atoms with Crippen molar-refractivity contribution in [1.82, 2.24) is 0 Å². The number of hydrogen-bond acceptors (Lipinski definition) is 6. The summed E-state index contributed by atoms with van der Waals surface area (Å²) in [6, 6.07) is 30.5. The molecular formula is C36H36Cl2N2O5S2. The number of para-hydroxylation sites is 2. The fourth-order valence-corrected chi connectivity index (χ4v) is 7.14. The van der Waals surface area contributed by atoms with Crippen LogP contribution in [0, 0.1) is 0 Å². The summed E-state index contributed by atoms with van der Waals surface area (Å²) >= 11 is 14.4. The number of nitrogens with two attached hydrogens (primary N) is 2. The molecule has 4 N–H and O–H groups in total. The predicted molar refractivity (Wildman–Crippen MR) is 198 cm³/mol. The van der Waals surface area contributed by atoms with E-state index in [1.165, 1.54) is 11.8 Å². The minimum Gasteiger partial charge on any atom is -0.454 e. The lowest BCUT2D eigenvalue weighted by molar-refractivity contribution is -0.116. The minimum atomic E-state index is -1.37. The second kappa shape index (κ2) is 17.2. The van der Waals surface area contributed by atoms with Crippen molar-refractivity contribution >= 4 is 79.5 Å². The van der Waals surface area contributed by atoms with Crippen molar-refractivity contribution in [3.8, 4) is 22.6 Å².